The highest BCUT2D eigenvalue weighted by Gasteiger charge is 2.33. The average Bonchev–Trinajstić information content (AvgIpc) is 3.40. The number of methoxy groups -OCH3 is 3. The second kappa shape index (κ2) is 12.7. The Labute approximate surface area is 278 Å². The second-order valence-corrected chi connectivity index (χ2v) is 12.9. The Morgan fingerprint density at radius 2 is 1.65 bits per heavy atom. The third-order valence-corrected chi connectivity index (χ3v) is 9.94. The van der Waals surface area contributed by atoms with E-state index in [0.29, 0.717) is 38.9 Å². The van der Waals surface area contributed by atoms with E-state index >= 15 is 0 Å². The molecule has 7 nitrogen and oxygen atoms in total. The molecule has 7 rings (SSSR count). The normalized spacial score (nSPS) is 15.4. The summed E-state index contributed by atoms with van der Waals surface area (Å²) in [6.07, 6.45) is 3.57. The molecule has 9 heteroatoms. The molecule has 0 fully saturated rings. The van der Waals surface area contributed by atoms with Gasteiger partial charge in [0.2, 0.25) is 0 Å². The van der Waals surface area contributed by atoms with Gasteiger partial charge >= 0.3 is 0 Å². The van der Waals surface area contributed by atoms with Gasteiger partial charge in [0.1, 0.15) is 6.61 Å². The van der Waals surface area contributed by atoms with Crippen molar-refractivity contribution >= 4 is 39.0 Å². The number of hydrogen-bond acceptors (Lipinski definition) is 7. The van der Waals surface area contributed by atoms with Crippen LogP contribution in [-0.4, -0.2) is 25.9 Å². The van der Waals surface area contributed by atoms with Crippen molar-refractivity contribution in [1.29, 1.82) is 0 Å². The number of allylic oxidation sites excluding steroid dienone is 1. The van der Waals surface area contributed by atoms with E-state index in [1.807, 2.05) is 77.4 Å². The lowest BCUT2D eigenvalue weighted by Crippen LogP contribution is -2.38. The maximum absolute atomic E-state index is 14.3. The fourth-order valence-electron chi connectivity index (χ4n) is 6.19. The van der Waals surface area contributed by atoms with Crippen molar-refractivity contribution in [3.8, 4) is 23.0 Å². The number of rotatable bonds is 8. The Bertz CT molecular complexity index is 2170. The number of fused-ring (bicyclic) bond motifs is 3. The van der Waals surface area contributed by atoms with Gasteiger partial charge in [-0.1, -0.05) is 72.0 Å². The molecule has 0 spiro atoms. The zero-order valence-electron chi connectivity index (χ0n) is 25.6. The first-order valence-electron chi connectivity index (χ1n) is 14.9. The maximum Gasteiger partial charge on any atom is 0.271 e. The smallest absolute Gasteiger partial charge is 0.271 e. The van der Waals surface area contributed by atoms with E-state index in [-0.39, 0.29) is 11.6 Å². The van der Waals surface area contributed by atoms with Crippen molar-refractivity contribution in [3.63, 3.8) is 0 Å². The summed E-state index contributed by atoms with van der Waals surface area (Å²) in [5, 5.41) is 0. The monoisotopic (exact) mass is 694 g/mol. The summed E-state index contributed by atoms with van der Waals surface area (Å²) in [7, 11) is 4.86. The van der Waals surface area contributed by atoms with Gasteiger partial charge < -0.3 is 18.9 Å². The van der Waals surface area contributed by atoms with Gasteiger partial charge in [0.25, 0.3) is 5.56 Å². The number of hydrogen-bond donors (Lipinski definition) is 0. The standard InChI is InChI=1S/C37H31BrN2O5S/c1-42-29-16-14-25(20-30(29)43-2)34-27-15-13-24-11-7-8-12-26(24)33(27)39-37-40(34)36(41)32(46-37)19-23-17-28(38)35(31(18-23)44-3)45-21-22-9-5-4-6-10-22/h4-12,14,16-20,34H,13,15,21H2,1-3H3/b32-19+/t34-/m0/s1. The quantitative estimate of drug-likeness (QED) is 0.181. The zero-order chi connectivity index (χ0) is 31.8. The minimum Gasteiger partial charge on any atom is -0.493 e. The van der Waals surface area contributed by atoms with Crippen molar-refractivity contribution in [3.05, 3.63) is 142 Å². The van der Waals surface area contributed by atoms with Crippen molar-refractivity contribution < 1.29 is 18.9 Å². The summed E-state index contributed by atoms with van der Waals surface area (Å²) < 4.78 is 26.2. The summed E-state index contributed by atoms with van der Waals surface area (Å²) in [5.74, 6) is 2.42. The lowest BCUT2D eigenvalue weighted by molar-refractivity contribution is 0.282. The topological polar surface area (TPSA) is 71.3 Å². The van der Waals surface area contributed by atoms with Crippen molar-refractivity contribution in [1.82, 2.24) is 4.57 Å². The van der Waals surface area contributed by atoms with E-state index in [0.717, 1.165) is 50.8 Å². The van der Waals surface area contributed by atoms with Gasteiger partial charge in [-0.05, 0) is 86.9 Å². The largest absolute Gasteiger partial charge is 0.493 e. The highest BCUT2D eigenvalue weighted by atomic mass is 79.9. The van der Waals surface area contributed by atoms with Gasteiger partial charge in [0.05, 0.1) is 42.1 Å². The fourth-order valence-corrected chi connectivity index (χ4v) is 7.76. The average molecular weight is 696 g/mol. The predicted molar refractivity (Wildman–Crippen MR) is 184 cm³/mol. The van der Waals surface area contributed by atoms with E-state index in [2.05, 4.69) is 34.1 Å². The van der Waals surface area contributed by atoms with Crippen LogP contribution in [0.4, 0.5) is 0 Å². The first-order chi connectivity index (χ1) is 22.5. The molecule has 1 atom stereocenters. The third kappa shape index (κ3) is 5.43. The van der Waals surface area contributed by atoms with Gasteiger partial charge in [-0.15, -0.1) is 0 Å². The van der Waals surface area contributed by atoms with Gasteiger partial charge in [0, 0.05) is 5.56 Å². The van der Waals surface area contributed by atoms with E-state index in [1.54, 1.807) is 21.3 Å². The van der Waals surface area contributed by atoms with Crippen LogP contribution in [-0.2, 0) is 13.0 Å². The Morgan fingerprint density at radius 1 is 0.891 bits per heavy atom. The van der Waals surface area contributed by atoms with Crippen LogP contribution >= 0.6 is 27.3 Å². The molecule has 2 heterocycles. The second-order valence-electron chi connectivity index (χ2n) is 11.0. The summed E-state index contributed by atoms with van der Waals surface area (Å²) in [4.78, 5) is 20.1. The van der Waals surface area contributed by atoms with Gasteiger partial charge in [-0.25, -0.2) is 4.99 Å². The molecule has 232 valence electrons. The molecule has 1 aliphatic heterocycles. The summed E-state index contributed by atoms with van der Waals surface area (Å²) >= 11 is 5.06. The lowest BCUT2D eigenvalue weighted by atomic mass is 9.83. The Hall–Kier alpha value is -4.60. The molecule has 46 heavy (non-hydrogen) atoms. The first-order valence-corrected chi connectivity index (χ1v) is 16.5. The molecular formula is C37H31BrN2O5S. The molecule has 5 aromatic rings. The van der Waals surface area contributed by atoms with E-state index in [1.165, 1.54) is 16.9 Å². The molecule has 2 aliphatic rings. The number of aromatic nitrogens is 1. The highest BCUT2D eigenvalue weighted by molar-refractivity contribution is 9.10. The zero-order valence-corrected chi connectivity index (χ0v) is 28.0. The first kappa shape index (κ1) is 30.1. The molecule has 0 saturated carbocycles. The highest BCUT2D eigenvalue weighted by Crippen LogP contribution is 2.43. The van der Waals surface area contributed by atoms with Crippen molar-refractivity contribution in [2.24, 2.45) is 4.99 Å². The van der Waals surface area contributed by atoms with Crippen molar-refractivity contribution in [2.45, 2.75) is 25.5 Å². The molecule has 0 bridgehead atoms. The van der Waals surface area contributed by atoms with Crippen LogP contribution in [0.2, 0.25) is 0 Å². The van der Waals surface area contributed by atoms with Crippen LogP contribution in [0.15, 0.2) is 105 Å². The minimum atomic E-state index is -0.336. The molecule has 0 N–H and O–H groups in total. The number of aryl methyl sites for hydroxylation is 1. The number of halogens is 1. The molecule has 0 amide bonds. The molecule has 0 saturated heterocycles. The van der Waals surface area contributed by atoms with Crippen molar-refractivity contribution in [2.75, 3.05) is 21.3 Å². The van der Waals surface area contributed by atoms with Crippen LogP contribution in [0.1, 0.15) is 40.3 Å². The molecule has 4 aromatic carbocycles. The number of benzene rings is 4. The number of thiazole rings is 1. The molecular weight excluding hydrogens is 664 g/mol. The minimum absolute atomic E-state index is 0.103. The molecule has 1 aliphatic carbocycles. The summed E-state index contributed by atoms with van der Waals surface area (Å²) in [6, 6.07) is 27.7. The Kier molecular flexibility index (Phi) is 8.27. The van der Waals surface area contributed by atoms with Crippen LogP contribution < -0.4 is 33.8 Å². The number of nitrogens with zero attached hydrogens (tertiary/aromatic N) is 2. The van der Waals surface area contributed by atoms with Crippen LogP contribution in [0.5, 0.6) is 23.0 Å². The van der Waals surface area contributed by atoms with E-state index in [4.69, 9.17) is 23.9 Å². The SMILES string of the molecule is COc1ccc([C@H]2C3=C(N=c4s/c(=C/c5cc(Br)c(OCc6ccccc6)c(OC)c5)c(=O)n42)c2ccccc2CC3)cc1OC. The Balaban J connectivity index is 1.35. The Morgan fingerprint density at radius 3 is 2.43 bits per heavy atom. The van der Waals surface area contributed by atoms with Crippen LogP contribution in [0, 0.1) is 0 Å². The van der Waals surface area contributed by atoms with Gasteiger partial charge in [-0.3, -0.25) is 9.36 Å². The summed E-state index contributed by atoms with van der Waals surface area (Å²) in [6.45, 7) is 0.400. The van der Waals surface area contributed by atoms with E-state index < -0.39 is 0 Å². The fraction of sp³-hybridized carbons (Fsp3) is 0.189. The van der Waals surface area contributed by atoms with E-state index in [9.17, 15) is 4.79 Å². The van der Waals surface area contributed by atoms with Gasteiger partial charge in [-0.2, -0.15) is 0 Å². The third-order valence-electron chi connectivity index (χ3n) is 8.37. The predicted octanol–water partition coefficient (Wildman–Crippen LogP) is 6.69. The van der Waals surface area contributed by atoms with Crippen LogP contribution in [0.3, 0.4) is 0 Å². The maximum atomic E-state index is 14.3. The molecule has 0 unspecified atom stereocenters. The number of ether oxygens (including phenoxy) is 4. The lowest BCUT2D eigenvalue weighted by Gasteiger charge is -2.31. The van der Waals surface area contributed by atoms with Gasteiger partial charge in [0.15, 0.2) is 27.8 Å². The molecule has 0 radical (unpaired) electrons. The summed E-state index contributed by atoms with van der Waals surface area (Å²) in [5.41, 5.74) is 7.14. The van der Waals surface area contributed by atoms with Crippen LogP contribution in [0.25, 0.3) is 11.8 Å². The molecule has 1 aromatic heterocycles.